The molecule has 0 spiro atoms. The lowest BCUT2D eigenvalue weighted by molar-refractivity contribution is 0.0501. The minimum Gasteiger partial charge on any atom is -0.462 e. The molecule has 0 aromatic heterocycles. The monoisotopic (exact) mass is 258 g/mol. The molecule has 1 aromatic rings. The van der Waals surface area contributed by atoms with Crippen molar-refractivity contribution in [2.45, 2.75) is 58.8 Å². The van der Waals surface area contributed by atoms with Crippen LogP contribution in [0.15, 0.2) is 0 Å². The lowest BCUT2D eigenvalue weighted by atomic mass is 9.69. The maximum atomic E-state index is 12.4. The summed E-state index contributed by atoms with van der Waals surface area (Å²) in [6.07, 6.45) is 7.62. The maximum absolute atomic E-state index is 12.4. The fourth-order valence-electron chi connectivity index (χ4n) is 3.40. The first kappa shape index (κ1) is 12.7. The molecule has 0 radical (unpaired) electrons. The van der Waals surface area contributed by atoms with Gasteiger partial charge in [0.25, 0.3) is 0 Å². The van der Waals surface area contributed by atoms with Gasteiger partial charge in [0.15, 0.2) is 0 Å². The van der Waals surface area contributed by atoms with Gasteiger partial charge in [-0.3, -0.25) is 0 Å². The third kappa shape index (κ3) is 1.89. The van der Waals surface area contributed by atoms with Crippen molar-refractivity contribution in [1.82, 2.24) is 0 Å². The zero-order valence-corrected chi connectivity index (χ0v) is 12.0. The first-order chi connectivity index (χ1) is 9.27. The standard InChI is InChI=1S/C17H22O2/c1-3-5-14-12-7-6-11(12)13-8-9-15(13)16(14)17(18)19-10-4-2/h3-10H2,1-2H3. The minimum absolute atomic E-state index is 0.0732. The van der Waals surface area contributed by atoms with Crippen LogP contribution in [0.5, 0.6) is 0 Å². The van der Waals surface area contributed by atoms with Gasteiger partial charge in [0.05, 0.1) is 12.2 Å². The van der Waals surface area contributed by atoms with Crippen LogP contribution >= 0.6 is 0 Å². The van der Waals surface area contributed by atoms with Crippen LogP contribution in [0.4, 0.5) is 0 Å². The van der Waals surface area contributed by atoms with E-state index in [1.807, 2.05) is 6.92 Å². The summed E-state index contributed by atoms with van der Waals surface area (Å²) in [6.45, 7) is 4.76. The van der Waals surface area contributed by atoms with Crippen LogP contribution in [0.2, 0.25) is 0 Å². The summed E-state index contributed by atoms with van der Waals surface area (Å²) in [7, 11) is 0. The van der Waals surface area contributed by atoms with Crippen LogP contribution in [0, 0.1) is 0 Å². The highest BCUT2D eigenvalue weighted by atomic mass is 16.5. The molecule has 1 aromatic carbocycles. The van der Waals surface area contributed by atoms with Crippen LogP contribution in [0.25, 0.3) is 0 Å². The third-order valence-electron chi connectivity index (χ3n) is 4.45. The average molecular weight is 258 g/mol. The molecule has 0 saturated heterocycles. The zero-order chi connectivity index (χ0) is 13.4. The van der Waals surface area contributed by atoms with E-state index in [0.29, 0.717) is 6.61 Å². The molecular formula is C17H22O2. The van der Waals surface area contributed by atoms with Gasteiger partial charge in [-0.15, -0.1) is 0 Å². The molecule has 0 N–H and O–H groups in total. The van der Waals surface area contributed by atoms with Crippen LogP contribution in [0.1, 0.15) is 64.9 Å². The quantitative estimate of drug-likeness (QED) is 0.757. The Labute approximate surface area is 115 Å². The Morgan fingerprint density at radius 3 is 2.11 bits per heavy atom. The molecule has 0 fully saturated rings. The van der Waals surface area contributed by atoms with E-state index < -0.39 is 0 Å². The Balaban J connectivity index is 2.04. The molecule has 102 valence electrons. The van der Waals surface area contributed by atoms with Gasteiger partial charge >= 0.3 is 5.97 Å². The summed E-state index contributed by atoms with van der Waals surface area (Å²) in [4.78, 5) is 12.4. The molecule has 0 unspecified atom stereocenters. The first-order valence-electron chi connectivity index (χ1n) is 7.63. The third-order valence-corrected chi connectivity index (χ3v) is 4.45. The molecule has 0 aliphatic heterocycles. The smallest absolute Gasteiger partial charge is 0.338 e. The van der Waals surface area contributed by atoms with Crippen molar-refractivity contribution in [3.63, 3.8) is 0 Å². The van der Waals surface area contributed by atoms with E-state index in [2.05, 4.69) is 6.92 Å². The van der Waals surface area contributed by atoms with Crippen molar-refractivity contribution in [1.29, 1.82) is 0 Å². The summed E-state index contributed by atoms with van der Waals surface area (Å²) in [5.74, 6) is -0.0732. The minimum atomic E-state index is -0.0732. The van der Waals surface area contributed by atoms with Gasteiger partial charge in [0.2, 0.25) is 0 Å². The second kappa shape index (κ2) is 4.99. The molecule has 2 aliphatic rings. The largest absolute Gasteiger partial charge is 0.462 e. The SMILES string of the molecule is CCCOC(=O)c1c(CCC)c2c(c3c1CC3)CC2. The molecule has 0 atom stereocenters. The Morgan fingerprint density at radius 1 is 0.947 bits per heavy atom. The number of esters is 1. The fraction of sp³-hybridized carbons (Fsp3) is 0.588. The predicted molar refractivity (Wildman–Crippen MR) is 75.8 cm³/mol. The van der Waals surface area contributed by atoms with E-state index in [-0.39, 0.29) is 5.97 Å². The number of rotatable bonds is 5. The molecule has 0 heterocycles. The van der Waals surface area contributed by atoms with E-state index in [4.69, 9.17) is 4.74 Å². The highest BCUT2D eigenvalue weighted by molar-refractivity contribution is 5.95. The maximum Gasteiger partial charge on any atom is 0.338 e. The van der Waals surface area contributed by atoms with Crippen molar-refractivity contribution in [3.8, 4) is 0 Å². The van der Waals surface area contributed by atoms with E-state index in [1.165, 1.54) is 28.7 Å². The topological polar surface area (TPSA) is 26.3 Å². The number of fused-ring (bicyclic) bond motifs is 3. The number of benzene rings is 1. The van der Waals surface area contributed by atoms with Gasteiger partial charge in [0, 0.05) is 0 Å². The van der Waals surface area contributed by atoms with Crippen molar-refractivity contribution in [2.24, 2.45) is 0 Å². The highest BCUT2D eigenvalue weighted by Crippen LogP contribution is 2.41. The Kier molecular flexibility index (Phi) is 3.34. The Bertz CT molecular complexity index is 529. The van der Waals surface area contributed by atoms with Crippen molar-refractivity contribution < 1.29 is 9.53 Å². The van der Waals surface area contributed by atoms with Gasteiger partial charge in [-0.1, -0.05) is 20.3 Å². The number of carbonyl (C=O) groups excluding carboxylic acids is 1. The Hall–Kier alpha value is -1.31. The average Bonchev–Trinajstić information content (AvgIpc) is 2.34. The number of hydrogen-bond acceptors (Lipinski definition) is 2. The summed E-state index contributed by atoms with van der Waals surface area (Å²) in [5.41, 5.74) is 8.08. The lowest BCUT2D eigenvalue weighted by Gasteiger charge is -2.35. The lowest BCUT2D eigenvalue weighted by Crippen LogP contribution is -2.28. The van der Waals surface area contributed by atoms with Crippen molar-refractivity contribution in [2.75, 3.05) is 6.61 Å². The predicted octanol–water partition coefficient (Wildman–Crippen LogP) is 3.40. The van der Waals surface area contributed by atoms with Gasteiger partial charge in [-0.2, -0.15) is 0 Å². The molecule has 2 heteroatoms. The second-order valence-electron chi connectivity index (χ2n) is 5.65. The number of carbonyl (C=O) groups is 1. The summed E-state index contributed by atoms with van der Waals surface area (Å²) in [5, 5.41) is 0. The molecule has 2 nitrogen and oxygen atoms in total. The van der Waals surface area contributed by atoms with E-state index >= 15 is 0 Å². The van der Waals surface area contributed by atoms with E-state index in [1.54, 1.807) is 5.56 Å². The number of hydrogen-bond donors (Lipinski definition) is 0. The van der Waals surface area contributed by atoms with Crippen LogP contribution < -0.4 is 0 Å². The van der Waals surface area contributed by atoms with Crippen LogP contribution in [-0.4, -0.2) is 12.6 Å². The van der Waals surface area contributed by atoms with E-state index in [0.717, 1.165) is 44.1 Å². The fourth-order valence-corrected chi connectivity index (χ4v) is 3.40. The molecule has 3 rings (SSSR count). The molecule has 0 amide bonds. The Morgan fingerprint density at radius 2 is 1.58 bits per heavy atom. The molecule has 2 aliphatic carbocycles. The zero-order valence-electron chi connectivity index (χ0n) is 12.0. The van der Waals surface area contributed by atoms with E-state index in [9.17, 15) is 4.79 Å². The summed E-state index contributed by atoms with van der Waals surface area (Å²) < 4.78 is 5.41. The van der Waals surface area contributed by atoms with Gasteiger partial charge in [-0.25, -0.2) is 4.79 Å². The van der Waals surface area contributed by atoms with Crippen LogP contribution in [0.3, 0.4) is 0 Å². The first-order valence-corrected chi connectivity index (χ1v) is 7.63. The van der Waals surface area contributed by atoms with Gasteiger partial charge in [0.1, 0.15) is 0 Å². The molecular weight excluding hydrogens is 236 g/mol. The van der Waals surface area contributed by atoms with Crippen molar-refractivity contribution in [3.05, 3.63) is 33.4 Å². The summed E-state index contributed by atoms with van der Waals surface area (Å²) >= 11 is 0. The molecule has 0 bridgehead atoms. The summed E-state index contributed by atoms with van der Waals surface area (Å²) in [6, 6.07) is 0. The highest BCUT2D eigenvalue weighted by Gasteiger charge is 2.34. The van der Waals surface area contributed by atoms with Crippen LogP contribution in [-0.2, 0) is 36.8 Å². The molecule has 19 heavy (non-hydrogen) atoms. The normalized spacial score (nSPS) is 15.1. The van der Waals surface area contributed by atoms with Crippen molar-refractivity contribution >= 4 is 5.97 Å². The van der Waals surface area contributed by atoms with Gasteiger partial charge in [-0.05, 0) is 66.3 Å². The number of ether oxygens (including phenoxy) is 1. The molecule has 0 saturated carbocycles. The van der Waals surface area contributed by atoms with Gasteiger partial charge < -0.3 is 4.74 Å². The second-order valence-corrected chi connectivity index (χ2v) is 5.65.